The molecule has 4 heteroatoms. The molecule has 0 atom stereocenters. The first kappa shape index (κ1) is 24.6. The molecule has 7 rings (SSSR count). The van der Waals surface area contributed by atoms with Gasteiger partial charge in [0.15, 0.2) is 0 Å². The molecular weight excluding hydrogens is 488 g/mol. The van der Waals surface area contributed by atoms with Crippen LogP contribution in [0.5, 0.6) is 0 Å². The molecule has 198 valence electrons. The fourth-order valence-corrected chi connectivity index (χ4v) is 6.70. The molecule has 8 bridgehead atoms. The van der Waals surface area contributed by atoms with Gasteiger partial charge in [0.2, 0.25) is 0 Å². The van der Waals surface area contributed by atoms with Gasteiger partial charge in [-0.3, -0.25) is 0 Å². The van der Waals surface area contributed by atoms with Gasteiger partial charge in [-0.2, -0.15) is 0 Å². The fourth-order valence-electron chi connectivity index (χ4n) is 6.70. The number of hydrogen-bond acceptors (Lipinski definition) is 2. The fraction of sp³-hybridized carbons (Fsp3) is 0.222. The molecule has 0 fully saturated rings. The first-order valence-electron chi connectivity index (χ1n) is 14.6. The van der Waals surface area contributed by atoms with Gasteiger partial charge in [0, 0.05) is 44.3 Å². The van der Waals surface area contributed by atoms with E-state index < -0.39 is 0 Å². The van der Waals surface area contributed by atoms with Gasteiger partial charge in [-0.25, -0.2) is 9.97 Å². The van der Waals surface area contributed by atoms with E-state index in [1.807, 2.05) is 0 Å². The number of H-pyrrole nitrogens is 2. The van der Waals surface area contributed by atoms with Gasteiger partial charge in [0.05, 0.1) is 22.8 Å². The van der Waals surface area contributed by atoms with Crippen LogP contribution in [0.2, 0.25) is 0 Å². The number of aromatic nitrogens is 4. The molecule has 2 aromatic carbocycles. The third-order valence-electron chi connectivity index (χ3n) is 8.55. The number of rotatable bonds is 4. The third-order valence-corrected chi connectivity index (χ3v) is 8.55. The Hall–Kier alpha value is -4.44. The second-order valence-electron chi connectivity index (χ2n) is 10.7. The lowest BCUT2D eigenvalue weighted by atomic mass is 10.0. The lowest BCUT2D eigenvalue weighted by Gasteiger charge is -2.00. The molecule has 0 unspecified atom stereocenters. The molecule has 0 aliphatic carbocycles. The molecule has 4 nitrogen and oxygen atoms in total. The first-order valence-corrected chi connectivity index (χ1v) is 14.6. The quantitative estimate of drug-likeness (QED) is 0.242. The molecule has 0 spiro atoms. The van der Waals surface area contributed by atoms with Gasteiger partial charge < -0.3 is 9.97 Å². The normalized spacial score (nSPS) is 11.9. The Morgan fingerprint density at radius 2 is 0.725 bits per heavy atom. The Morgan fingerprint density at radius 1 is 0.425 bits per heavy atom. The molecular formula is C36H34N4. The lowest BCUT2D eigenvalue weighted by Crippen LogP contribution is -1.87. The van der Waals surface area contributed by atoms with Crippen LogP contribution in [0, 0.1) is 0 Å². The predicted octanol–water partition coefficient (Wildman–Crippen LogP) is 9.23. The molecule has 5 heterocycles. The van der Waals surface area contributed by atoms with Crippen molar-refractivity contribution in [3.05, 3.63) is 95.1 Å². The number of nitrogens with zero attached hydrogens (tertiary/aromatic N) is 2. The topological polar surface area (TPSA) is 57.4 Å². The third kappa shape index (κ3) is 3.74. The van der Waals surface area contributed by atoms with Gasteiger partial charge in [0.1, 0.15) is 0 Å². The minimum absolute atomic E-state index is 0.959. The van der Waals surface area contributed by atoms with Crippen LogP contribution in [0.1, 0.15) is 49.9 Å². The summed E-state index contributed by atoms with van der Waals surface area (Å²) in [6.07, 6.45) is 3.88. The number of hydrogen-bond donors (Lipinski definition) is 2. The smallest absolute Gasteiger partial charge is 0.0738 e. The summed E-state index contributed by atoms with van der Waals surface area (Å²) in [4.78, 5) is 18.0. The Morgan fingerprint density at radius 3 is 1.05 bits per heavy atom. The number of fused-ring (bicyclic) bond motifs is 14. The molecule has 2 aliphatic rings. The van der Waals surface area contributed by atoms with Crippen LogP contribution in [0.25, 0.3) is 67.1 Å². The number of nitrogens with one attached hydrogen (secondary N) is 2. The minimum Gasteiger partial charge on any atom is -0.355 e. The van der Waals surface area contributed by atoms with Crippen LogP contribution in [-0.4, -0.2) is 19.9 Å². The summed E-state index contributed by atoms with van der Waals surface area (Å²) >= 11 is 0. The maximum absolute atomic E-state index is 5.19. The molecule has 0 saturated carbocycles. The molecule has 3 aromatic heterocycles. The van der Waals surface area contributed by atoms with Crippen molar-refractivity contribution < 1.29 is 0 Å². The zero-order valence-corrected chi connectivity index (χ0v) is 23.7. The van der Waals surface area contributed by atoms with Crippen LogP contribution in [0.15, 0.2) is 72.8 Å². The molecule has 0 amide bonds. The SMILES string of the molecule is CCc1c(CC)c2cc3[nH]c(cc4nc(cc5nc(cc1[nH]2)-c1ccccc1-5)-c1ccccc1-4)c(CC)c3CC. The summed E-state index contributed by atoms with van der Waals surface area (Å²) in [6, 6.07) is 26.1. The second kappa shape index (κ2) is 9.63. The highest BCUT2D eigenvalue weighted by atomic mass is 14.8. The minimum atomic E-state index is 0.959. The van der Waals surface area contributed by atoms with Crippen molar-refractivity contribution in [1.82, 2.24) is 19.9 Å². The molecule has 2 N–H and O–H groups in total. The number of benzene rings is 2. The monoisotopic (exact) mass is 522 g/mol. The van der Waals surface area contributed by atoms with Crippen molar-refractivity contribution in [2.45, 2.75) is 53.4 Å². The van der Waals surface area contributed by atoms with Crippen LogP contribution in [0.3, 0.4) is 0 Å². The summed E-state index contributed by atoms with van der Waals surface area (Å²) in [6.45, 7) is 9.01. The molecule has 0 radical (unpaired) electrons. The average Bonchev–Trinajstić information content (AvgIpc) is 3.70. The lowest BCUT2D eigenvalue weighted by molar-refractivity contribution is 1.07. The average molecular weight is 523 g/mol. The Labute approximate surface area is 235 Å². The van der Waals surface area contributed by atoms with Crippen molar-refractivity contribution in [2.75, 3.05) is 0 Å². The standard InChI is InChI=1S/C36H34N4/c1-5-21-23(7-3)31-18-33-25-13-9-11-15-27(25)35(39-33)20-36-28-16-12-10-14-26(28)34(40-36)19-32-24(8-4)22(6-2)30(38-32)17-29(21)37-31/h9-20,37-38H,5-8H2,1-4H3. The van der Waals surface area contributed by atoms with E-state index in [0.29, 0.717) is 0 Å². The summed E-state index contributed by atoms with van der Waals surface area (Å²) in [5, 5.41) is 0. The van der Waals surface area contributed by atoms with E-state index in [9.17, 15) is 0 Å². The van der Waals surface area contributed by atoms with Crippen molar-refractivity contribution in [2.24, 2.45) is 0 Å². The predicted molar refractivity (Wildman–Crippen MR) is 167 cm³/mol. The van der Waals surface area contributed by atoms with Gasteiger partial charge >= 0.3 is 0 Å². The molecule has 40 heavy (non-hydrogen) atoms. The van der Waals surface area contributed by atoms with E-state index in [0.717, 1.165) is 81.7 Å². The van der Waals surface area contributed by atoms with Crippen molar-refractivity contribution in [3.8, 4) is 45.0 Å². The van der Waals surface area contributed by atoms with Crippen LogP contribution in [-0.2, 0) is 25.7 Å². The number of aryl methyl sites for hydroxylation is 4. The zero-order valence-electron chi connectivity index (χ0n) is 23.7. The van der Waals surface area contributed by atoms with E-state index in [1.54, 1.807) is 0 Å². The highest BCUT2D eigenvalue weighted by Crippen LogP contribution is 2.40. The molecule has 0 saturated heterocycles. The van der Waals surface area contributed by atoms with E-state index >= 15 is 0 Å². The van der Waals surface area contributed by atoms with Crippen LogP contribution in [0.4, 0.5) is 0 Å². The Balaban J connectivity index is 1.69. The highest BCUT2D eigenvalue weighted by Gasteiger charge is 2.21. The van der Waals surface area contributed by atoms with E-state index in [1.165, 1.54) is 33.3 Å². The van der Waals surface area contributed by atoms with Gasteiger partial charge in [-0.1, -0.05) is 76.2 Å². The van der Waals surface area contributed by atoms with E-state index in [-0.39, 0.29) is 0 Å². The summed E-state index contributed by atoms with van der Waals surface area (Å²) in [5.74, 6) is 0. The maximum Gasteiger partial charge on any atom is 0.0738 e. The van der Waals surface area contributed by atoms with Gasteiger partial charge in [0.25, 0.3) is 0 Å². The molecule has 5 aromatic rings. The van der Waals surface area contributed by atoms with E-state index in [4.69, 9.17) is 9.97 Å². The van der Waals surface area contributed by atoms with Crippen molar-refractivity contribution in [3.63, 3.8) is 0 Å². The van der Waals surface area contributed by atoms with Crippen LogP contribution >= 0.6 is 0 Å². The van der Waals surface area contributed by atoms with Crippen LogP contribution < -0.4 is 0 Å². The summed E-state index contributed by atoms with van der Waals surface area (Å²) < 4.78 is 0. The van der Waals surface area contributed by atoms with Gasteiger partial charge in [-0.15, -0.1) is 0 Å². The maximum atomic E-state index is 5.19. The largest absolute Gasteiger partial charge is 0.355 e. The van der Waals surface area contributed by atoms with Crippen molar-refractivity contribution in [1.29, 1.82) is 0 Å². The first-order chi connectivity index (χ1) is 19.6. The number of aromatic amines is 2. The second-order valence-corrected chi connectivity index (χ2v) is 10.7. The van der Waals surface area contributed by atoms with Gasteiger partial charge in [-0.05, 0) is 72.2 Å². The Bertz CT molecular complexity index is 1820. The zero-order chi connectivity index (χ0) is 27.4. The summed E-state index contributed by atoms with van der Waals surface area (Å²) in [5.41, 5.74) is 18.7. The highest BCUT2D eigenvalue weighted by molar-refractivity contribution is 5.91. The molecule has 2 aliphatic heterocycles. The van der Waals surface area contributed by atoms with Crippen molar-refractivity contribution >= 4 is 22.1 Å². The van der Waals surface area contributed by atoms with E-state index in [2.05, 4.69) is 110 Å². The Kier molecular flexibility index (Phi) is 5.92. The summed E-state index contributed by atoms with van der Waals surface area (Å²) in [7, 11) is 0.